The lowest BCUT2D eigenvalue weighted by atomic mass is 10.2. The number of hydrogen-bond acceptors (Lipinski definition) is 5. The summed E-state index contributed by atoms with van der Waals surface area (Å²) in [5.74, 6) is -1.97. The van der Waals surface area contributed by atoms with E-state index >= 15 is 0 Å². The third kappa shape index (κ3) is 4.08. The average molecular weight is 375 g/mol. The highest BCUT2D eigenvalue weighted by Crippen LogP contribution is 2.20. The van der Waals surface area contributed by atoms with Gasteiger partial charge in [-0.1, -0.05) is 18.2 Å². The Kier molecular flexibility index (Phi) is 5.62. The van der Waals surface area contributed by atoms with Crippen LogP contribution in [0.5, 0.6) is 0 Å². The Balaban J connectivity index is 1.47. The smallest absolute Gasteiger partial charge is 0.293 e. The van der Waals surface area contributed by atoms with Crippen LogP contribution in [0.3, 0.4) is 0 Å². The highest BCUT2D eigenvalue weighted by atomic mass is 32.1. The molecule has 136 valence electrons. The van der Waals surface area contributed by atoms with Crippen molar-refractivity contribution in [1.29, 1.82) is 0 Å². The van der Waals surface area contributed by atoms with Crippen molar-refractivity contribution < 1.29 is 18.8 Å². The number of benzene rings is 1. The monoisotopic (exact) mass is 375 g/mol. The number of nitrogens with one attached hydrogen (secondary N) is 1. The standard InChI is InChI=1S/C18H18FN3O3S/c19-13-4-1-2-5-14(13)21-7-9-22(10-8-21)16(23)12-20-18(25)17(24)15-6-3-11-26-15/h1-6,11H,7-10,12H2,(H,20,25). The molecule has 0 bridgehead atoms. The van der Waals surface area contributed by atoms with Crippen LogP contribution in [0.15, 0.2) is 41.8 Å². The molecule has 6 nitrogen and oxygen atoms in total. The van der Waals surface area contributed by atoms with Crippen LogP contribution < -0.4 is 10.2 Å². The Labute approximate surface area is 154 Å². The van der Waals surface area contributed by atoms with Crippen molar-refractivity contribution in [1.82, 2.24) is 10.2 Å². The maximum Gasteiger partial charge on any atom is 0.293 e. The normalized spacial score (nSPS) is 14.2. The lowest BCUT2D eigenvalue weighted by Crippen LogP contribution is -2.51. The zero-order valence-electron chi connectivity index (χ0n) is 14.0. The van der Waals surface area contributed by atoms with Gasteiger partial charge in [-0.15, -0.1) is 11.3 Å². The highest BCUT2D eigenvalue weighted by Gasteiger charge is 2.24. The molecule has 1 aromatic heterocycles. The second-order valence-electron chi connectivity index (χ2n) is 5.81. The quantitative estimate of drug-likeness (QED) is 0.636. The number of nitrogens with zero attached hydrogens (tertiary/aromatic N) is 2. The maximum atomic E-state index is 13.8. The summed E-state index contributed by atoms with van der Waals surface area (Å²) >= 11 is 1.18. The van der Waals surface area contributed by atoms with E-state index in [4.69, 9.17) is 0 Å². The second kappa shape index (κ2) is 8.09. The predicted octanol–water partition coefficient (Wildman–Crippen LogP) is 1.53. The number of para-hydroxylation sites is 1. The SMILES string of the molecule is O=C(NCC(=O)N1CCN(c2ccccc2F)CC1)C(=O)c1cccs1. The zero-order valence-corrected chi connectivity index (χ0v) is 14.8. The number of ketones is 1. The minimum atomic E-state index is -0.786. The molecule has 1 aliphatic rings. The number of thiophene rings is 1. The zero-order chi connectivity index (χ0) is 18.5. The van der Waals surface area contributed by atoms with Crippen LogP contribution >= 0.6 is 11.3 Å². The summed E-state index contributed by atoms with van der Waals surface area (Å²) in [6.45, 7) is 1.66. The number of hydrogen-bond donors (Lipinski definition) is 1. The Morgan fingerprint density at radius 1 is 1.04 bits per heavy atom. The lowest BCUT2D eigenvalue weighted by molar-refractivity contribution is -0.132. The van der Waals surface area contributed by atoms with Crippen LogP contribution in [0.25, 0.3) is 0 Å². The van der Waals surface area contributed by atoms with Gasteiger partial charge in [-0.25, -0.2) is 4.39 Å². The summed E-state index contributed by atoms with van der Waals surface area (Å²) in [6.07, 6.45) is 0. The van der Waals surface area contributed by atoms with Crippen LogP contribution in [-0.2, 0) is 9.59 Å². The van der Waals surface area contributed by atoms with E-state index in [1.165, 1.54) is 17.4 Å². The minimum Gasteiger partial charge on any atom is -0.366 e. The molecule has 2 amide bonds. The number of amides is 2. The van der Waals surface area contributed by atoms with Gasteiger partial charge in [0.15, 0.2) is 0 Å². The lowest BCUT2D eigenvalue weighted by Gasteiger charge is -2.36. The van der Waals surface area contributed by atoms with E-state index in [0.29, 0.717) is 36.7 Å². The molecule has 3 rings (SSSR count). The molecule has 2 heterocycles. The number of halogens is 1. The van der Waals surface area contributed by atoms with Gasteiger partial charge >= 0.3 is 0 Å². The summed E-state index contributed by atoms with van der Waals surface area (Å²) in [6, 6.07) is 9.78. The molecule has 1 N–H and O–H groups in total. The molecule has 2 aromatic rings. The van der Waals surface area contributed by atoms with Crippen LogP contribution in [0.4, 0.5) is 10.1 Å². The van der Waals surface area contributed by atoms with Crippen LogP contribution in [-0.4, -0.2) is 55.2 Å². The van der Waals surface area contributed by atoms with Gasteiger partial charge in [-0.3, -0.25) is 14.4 Å². The molecular formula is C18H18FN3O3S. The number of carbonyl (C=O) groups is 3. The number of anilines is 1. The summed E-state index contributed by atoms with van der Waals surface area (Å²) in [7, 11) is 0. The molecule has 26 heavy (non-hydrogen) atoms. The first-order valence-corrected chi connectivity index (χ1v) is 9.07. The van der Waals surface area contributed by atoms with Crippen LogP contribution in [0.2, 0.25) is 0 Å². The largest absolute Gasteiger partial charge is 0.366 e. The van der Waals surface area contributed by atoms with Crippen molar-refractivity contribution >= 4 is 34.6 Å². The molecule has 1 saturated heterocycles. The number of rotatable bonds is 5. The molecule has 8 heteroatoms. The van der Waals surface area contributed by atoms with Gasteiger partial charge in [0.2, 0.25) is 5.91 Å². The Bertz CT molecular complexity index is 802. The number of piperazine rings is 1. The number of carbonyl (C=O) groups excluding carboxylic acids is 3. The van der Waals surface area contributed by atoms with E-state index in [9.17, 15) is 18.8 Å². The van der Waals surface area contributed by atoms with Crippen molar-refractivity contribution in [3.8, 4) is 0 Å². The molecule has 0 saturated carbocycles. The van der Waals surface area contributed by atoms with Crippen LogP contribution in [0.1, 0.15) is 9.67 Å². The van der Waals surface area contributed by atoms with Gasteiger partial charge in [0.1, 0.15) is 5.82 Å². The van der Waals surface area contributed by atoms with Crippen LogP contribution in [0, 0.1) is 5.82 Å². The van der Waals surface area contributed by atoms with E-state index in [1.54, 1.807) is 40.6 Å². The fraction of sp³-hybridized carbons (Fsp3) is 0.278. The minimum absolute atomic E-state index is 0.227. The molecule has 0 aliphatic carbocycles. The number of Topliss-reactive ketones (excluding diaryl/α,β-unsaturated/α-hetero) is 1. The average Bonchev–Trinajstić information content (AvgIpc) is 3.20. The van der Waals surface area contributed by atoms with Crippen molar-refractivity contribution in [3.05, 3.63) is 52.5 Å². The van der Waals surface area contributed by atoms with Gasteiger partial charge in [-0.2, -0.15) is 0 Å². The molecule has 0 spiro atoms. The van der Waals surface area contributed by atoms with Crippen molar-refractivity contribution in [3.63, 3.8) is 0 Å². The first-order chi connectivity index (χ1) is 12.6. The van der Waals surface area contributed by atoms with Gasteiger partial charge in [0, 0.05) is 26.2 Å². The van der Waals surface area contributed by atoms with E-state index in [0.717, 1.165) is 0 Å². The first kappa shape index (κ1) is 18.1. The fourth-order valence-corrected chi connectivity index (χ4v) is 3.43. The molecule has 0 unspecified atom stereocenters. The fourth-order valence-electron chi connectivity index (χ4n) is 2.77. The molecule has 1 aromatic carbocycles. The van der Waals surface area contributed by atoms with Gasteiger partial charge in [0.05, 0.1) is 17.1 Å². The van der Waals surface area contributed by atoms with E-state index in [1.807, 2.05) is 4.90 Å². The summed E-state index contributed by atoms with van der Waals surface area (Å²) in [5.41, 5.74) is 0.523. The summed E-state index contributed by atoms with van der Waals surface area (Å²) in [4.78, 5) is 39.8. The molecule has 0 atom stereocenters. The molecule has 1 aliphatic heterocycles. The van der Waals surface area contributed by atoms with Crippen molar-refractivity contribution in [2.45, 2.75) is 0 Å². The topological polar surface area (TPSA) is 69.7 Å². The predicted molar refractivity (Wildman–Crippen MR) is 96.9 cm³/mol. The summed E-state index contributed by atoms with van der Waals surface area (Å²) < 4.78 is 13.8. The van der Waals surface area contributed by atoms with E-state index < -0.39 is 11.7 Å². The third-order valence-corrected chi connectivity index (χ3v) is 5.05. The summed E-state index contributed by atoms with van der Waals surface area (Å²) in [5, 5.41) is 4.08. The van der Waals surface area contributed by atoms with E-state index in [-0.39, 0.29) is 18.3 Å². The maximum absolute atomic E-state index is 13.8. The molecule has 1 fully saturated rings. The molecule has 0 radical (unpaired) electrons. The van der Waals surface area contributed by atoms with Crippen molar-refractivity contribution in [2.24, 2.45) is 0 Å². The highest BCUT2D eigenvalue weighted by molar-refractivity contribution is 7.13. The Morgan fingerprint density at radius 2 is 1.77 bits per heavy atom. The Hall–Kier alpha value is -2.74. The van der Waals surface area contributed by atoms with Gasteiger partial charge < -0.3 is 15.1 Å². The second-order valence-corrected chi connectivity index (χ2v) is 6.76. The first-order valence-electron chi connectivity index (χ1n) is 8.19. The third-order valence-electron chi connectivity index (χ3n) is 4.18. The Morgan fingerprint density at radius 3 is 2.42 bits per heavy atom. The van der Waals surface area contributed by atoms with Crippen molar-refractivity contribution in [2.75, 3.05) is 37.6 Å². The molecular weight excluding hydrogens is 357 g/mol. The van der Waals surface area contributed by atoms with E-state index in [2.05, 4.69) is 5.32 Å². The van der Waals surface area contributed by atoms with Gasteiger partial charge in [0.25, 0.3) is 11.7 Å². The van der Waals surface area contributed by atoms with Gasteiger partial charge in [-0.05, 0) is 23.6 Å².